The van der Waals surface area contributed by atoms with Crippen molar-refractivity contribution >= 4 is 17.5 Å². The lowest BCUT2D eigenvalue weighted by Gasteiger charge is -2.27. The second-order valence-corrected chi connectivity index (χ2v) is 7.66. The zero-order valence-electron chi connectivity index (χ0n) is 16.0. The van der Waals surface area contributed by atoms with Gasteiger partial charge < -0.3 is 19.6 Å². The van der Waals surface area contributed by atoms with Crippen molar-refractivity contribution < 1.29 is 14.6 Å². The van der Waals surface area contributed by atoms with E-state index >= 15 is 0 Å². The summed E-state index contributed by atoms with van der Waals surface area (Å²) in [5.41, 5.74) is 0.821. The molecule has 5 rings (SSSR count). The van der Waals surface area contributed by atoms with Crippen LogP contribution in [-0.4, -0.2) is 80.4 Å². The number of likely N-dealkylation sites (tertiary alicyclic amines) is 1. The van der Waals surface area contributed by atoms with Gasteiger partial charge in [-0.15, -0.1) is 0 Å². The number of ether oxygens (including phenoxy) is 1. The molecule has 1 N–H and O–H groups in total. The molecule has 3 aromatic rings. The molecule has 0 aliphatic carbocycles. The predicted molar refractivity (Wildman–Crippen MR) is 103 cm³/mol. The molecule has 0 bridgehead atoms. The summed E-state index contributed by atoms with van der Waals surface area (Å²) >= 11 is 0. The van der Waals surface area contributed by atoms with Crippen LogP contribution in [0.5, 0.6) is 5.88 Å². The summed E-state index contributed by atoms with van der Waals surface area (Å²) in [6.07, 6.45) is 4.85. The molecule has 2 atom stereocenters. The van der Waals surface area contributed by atoms with E-state index in [1.165, 1.54) is 6.33 Å². The molecule has 10 nitrogen and oxygen atoms in total. The van der Waals surface area contributed by atoms with E-state index < -0.39 is 0 Å². The third-order valence-corrected chi connectivity index (χ3v) is 6.00. The zero-order chi connectivity index (χ0) is 20.0. The van der Waals surface area contributed by atoms with Crippen LogP contribution >= 0.6 is 0 Å². The van der Waals surface area contributed by atoms with Gasteiger partial charge >= 0.3 is 0 Å². The number of rotatable bonds is 4. The third-order valence-electron chi connectivity index (χ3n) is 6.00. The summed E-state index contributed by atoms with van der Waals surface area (Å²) in [4.78, 5) is 29.9. The summed E-state index contributed by atoms with van der Waals surface area (Å²) in [5, 5.41) is 14.3. The Balaban J connectivity index is 1.35. The minimum absolute atomic E-state index is 0.00509. The van der Waals surface area contributed by atoms with Crippen molar-refractivity contribution in [3.8, 4) is 5.88 Å². The van der Waals surface area contributed by atoms with E-state index in [4.69, 9.17) is 4.74 Å². The van der Waals surface area contributed by atoms with Crippen LogP contribution < -0.4 is 9.64 Å². The molecule has 0 unspecified atom stereocenters. The Hall–Kier alpha value is -3.27. The Morgan fingerprint density at radius 3 is 3.00 bits per heavy atom. The summed E-state index contributed by atoms with van der Waals surface area (Å²) in [6, 6.07) is 5.19. The maximum atomic E-state index is 13.1. The smallest absolute Gasteiger partial charge is 0.254 e. The molecule has 5 heterocycles. The Labute approximate surface area is 166 Å². The van der Waals surface area contributed by atoms with Crippen LogP contribution in [0.2, 0.25) is 0 Å². The van der Waals surface area contributed by atoms with Crippen LogP contribution in [0.3, 0.4) is 0 Å². The summed E-state index contributed by atoms with van der Waals surface area (Å²) in [5.74, 6) is 1.18. The summed E-state index contributed by atoms with van der Waals surface area (Å²) < 4.78 is 6.81. The number of carbonyl (C=O) groups is 1. The van der Waals surface area contributed by atoms with Crippen molar-refractivity contribution in [2.45, 2.75) is 0 Å². The van der Waals surface area contributed by atoms with Gasteiger partial charge in [0.25, 0.3) is 5.91 Å². The van der Waals surface area contributed by atoms with Gasteiger partial charge in [0.05, 0.1) is 13.7 Å². The number of fused-ring (bicyclic) bond motifs is 2. The van der Waals surface area contributed by atoms with E-state index in [0.717, 1.165) is 0 Å². The number of methoxy groups -OCH3 is 1. The number of anilines is 1. The van der Waals surface area contributed by atoms with Gasteiger partial charge in [0.2, 0.25) is 11.8 Å². The van der Waals surface area contributed by atoms with Gasteiger partial charge in [0, 0.05) is 61.5 Å². The van der Waals surface area contributed by atoms with Crippen molar-refractivity contribution in [3.63, 3.8) is 0 Å². The SMILES string of the molecule is COc1ccnc(N2C[C@H]3CN(C(=O)c4ccn5ncnc5c4)C[C@@]3(CO)C2)n1. The standard InChI is InChI=1S/C19H21N7O3/c1-29-16-2-4-20-18(23-16)25-8-14-7-24(9-19(14,10-25)11-27)17(28)13-3-5-26-15(6-13)21-12-22-26/h2-6,12,14,27H,7-11H2,1H3/t14-,19+/m1/s1. The highest BCUT2D eigenvalue weighted by molar-refractivity contribution is 5.95. The number of amides is 1. The summed E-state index contributed by atoms with van der Waals surface area (Å²) in [7, 11) is 1.57. The molecule has 0 spiro atoms. The first-order valence-electron chi connectivity index (χ1n) is 9.43. The quantitative estimate of drug-likeness (QED) is 0.663. The molecule has 0 radical (unpaired) electrons. The third kappa shape index (κ3) is 2.87. The first kappa shape index (κ1) is 17.8. The van der Waals surface area contributed by atoms with Gasteiger partial charge in [0.1, 0.15) is 6.33 Å². The Kier molecular flexibility index (Phi) is 4.09. The summed E-state index contributed by atoms with van der Waals surface area (Å²) in [6.45, 7) is 2.35. The molecular formula is C19H21N7O3. The minimum atomic E-state index is -0.388. The van der Waals surface area contributed by atoms with Gasteiger partial charge in [-0.1, -0.05) is 0 Å². The molecule has 3 aromatic heterocycles. The second kappa shape index (κ2) is 6.66. The highest BCUT2D eigenvalue weighted by atomic mass is 16.5. The molecule has 0 saturated carbocycles. The molecule has 1 amide bonds. The van der Waals surface area contributed by atoms with E-state index in [9.17, 15) is 9.90 Å². The Morgan fingerprint density at radius 2 is 2.21 bits per heavy atom. The van der Waals surface area contributed by atoms with Crippen molar-refractivity contribution in [2.24, 2.45) is 11.3 Å². The van der Waals surface area contributed by atoms with Gasteiger partial charge in [-0.3, -0.25) is 4.79 Å². The highest BCUT2D eigenvalue weighted by Gasteiger charge is 2.53. The minimum Gasteiger partial charge on any atom is -0.481 e. The largest absolute Gasteiger partial charge is 0.481 e. The Morgan fingerprint density at radius 1 is 1.31 bits per heavy atom. The molecule has 2 aliphatic heterocycles. The van der Waals surface area contributed by atoms with Gasteiger partial charge in [-0.05, 0) is 12.1 Å². The number of nitrogens with zero attached hydrogens (tertiary/aromatic N) is 7. The van der Waals surface area contributed by atoms with E-state index in [2.05, 4.69) is 25.0 Å². The number of aliphatic hydroxyl groups is 1. The van der Waals surface area contributed by atoms with E-state index in [0.29, 0.717) is 49.2 Å². The van der Waals surface area contributed by atoms with Crippen molar-refractivity contribution in [2.75, 3.05) is 44.8 Å². The fourth-order valence-electron chi connectivity index (χ4n) is 4.44. The number of carbonyl (C=O) groups excluding carboxylic acids is 1. The monoisotopic (exact) mass is 395 g/mol. The number of hydrogen-bond donors (Lipinski definition) is 1. The maximum Gasteiger partial charge on any atom is 0.254 e. The normalized spacial score (nSPS) is 23.6. The van der Waals surface area contributed by atoms with Crippen LogP contribution in [0.4, 0.5) is 5.95 Å². The number of aliphatic hydroxyl groups excluding tert-OH is 1. The molecular weight excluding hydrogens is 374 g/mol. The Bertz CT molecular complexity index is 1070. The lowest BCUT2D eigenvalue weighted by atomic mass is 9.82. The van der Waals surface area contributed by atoms with Gasteiger partial charge in [0.15, 0.2) is 5.65 Å². The van der Waals surface area contributed by atoms with E-state index in [1.807, 2.05) is 4.90 Å². The highest BCUT2D eigenvalue weighted by Crippen LogP contribution is 2.43. The van der Waals surface area contributed by atoms with E-state index in [-0.39, 0.29) is 23.8 Å². The fraction of sp³-hybridized carbons (Fsp3) is 0.421. The molecule has 2 saturated heterocycles. The topological polar surface area (TPSA) is 109 Å². The number of aromatic nitrogens is 5. The molecule has 10 heteroatoms. The van der Waals surface area contributed by atoms with E-state index in [1.54, 1.807) is 42.2 Å². The average molecular weight is 395 g/mol. The van der Waals surface area contributed by atoms with Crippen LogP contribution in [0, 0.1) is 11.3 Å². The van der Waals surface area contributed by atoms with Crippen molar-refractivity contribution in [1.82, 2.24) is 29.5 Å². The molecule has 0 aromatic carbocycles. The predicted octanol–water partition coefficient (Wildman–Crippen LogP) is 0.0988. The first-order valence-corrected chi connectivity index (χ1v) is 9.43. The maximum absolute atomic E-state index is 13.1. The van der Waals surface area contributed by atoms with Crippen LogP contribution in [0.1, 0.15) is 10.4 Å². The molecule has 150 valence electrons. The lowest BCUT2D eigenvalue weighted by Crippen LogP contribution is -2.39. The lowest BCUT2D eigenvalue weighted by molar-refractivity contribution is 0.0748. The van der Waals surface area contributed by atoms with Crippen molar-refractivity contribution in [1.29, 1.82) is 0 Å². The van der Waals surface area contributed by atoms with Crippen LogP contribution in [0.25, 0.3) is 5.65 Å². The van der Waals surface area contributed by atoms with Gasteiger partial charge in [-0.25, -0.2) is 14.5 Å². The second-order valence-electron chi connectivity index (χ2n) is 7.66. The number of pyridine rings is 1. The molecule has 2 fully saturated rings. The van der Waals surface area contributed by atoms with Crippen LogP contribution in [0.15, 0.2) is 36.9 Å². The first-order chi connectivity index (χ1) is 14.1. The average Bonchev–Trinajstić information content (AvgIpc) is 3.45. The fourth-order valence-corrected chi connectivity index (χ4v) is 4.44. The van der Waals surface area contributed by atoms with Crippen LogP contribution in [-0.2, 0) is 0 Å². The van der Waals surface area contributed by atoms with Gasteiger partial charge in [-0.2, -0.15) is 10.1 Å². The molecule has 29 heavy (non-hydrogen) atoms. The number of hydrogen-bond acceptors (Lipinski definition) is 8. The van der Waals surface area contributed by atoms with Crippen molar-refractivity contribution in [3.05, 3.63) is 42.5 Å². The zero-order valence-corrected chi connectivity index (χ0v) is 16.0. The molecule has 2 aliphatic rings.